The summed E-state index contributed by atoms with van der Waals surface area (Å²) in [5.41, 5.74) is 1.98. The standard InChI is InChI=1S/C24H20N4O5S/c1-14-20(22(31)17-8-3-2-7-16(17)21(14)30)26-10-11-33-19(29)13-28-23(32)18(27-24(28)34)12-15-6-4-5-9-25-15/h2-9,12,26H,10-11,13H2,1H3,(H,27,34)/b18-12-. The number of carbonyl (C=O) groups excluding carboxylic acids is 4. The number of Topliss-reactive ketones (excluding diaryl/α,β-unsaturated/α-hetero) is 2. The number of benzene rings is 1. The number of rotatable bonds is 7. The van der Waals surface area contributed by atoms with Gasteiger partial charge in [-0.3, -0.25) is 29.1 Å². The number of allylic oxidation sites excluding steroid dienone is 2. The highest BCUT2D eigenvalue weighted by molar-refractivity contribution is 7.80. The van der Waals surface area contributed by atoms with Crippen molar-refractivity contribution in [2.24, 2.45) is 0 Å². The molecule has 1 aliphatic heterocycles. The van der Waals surface area contributed by atoms with Crippen LogP contribution in [0.2, 0.25) is 0 Å². The average molecular weight is 477 g/mol. The number of pyridine rings is 1. The lowest BCUT2D eigenvalue weighted by Gasteiger charge is -2.20. The van der Waals surface area contributed by atoms with Gasteiger partial charge < -0.3 is 15.4 Å². The third kappa shape index (κ3) is 4.62. The predicted octanol–water partition coefficient (Wildman–Crippen LogP) is 1.63. The first kappa shape index (κ1) is 23.0. The van der Waals surface area contributed by atoms with Crippen molar-refractivity contribution in [3.8, 4) is 0 Å². The minimum Gasteiger partial charge on any atom is -0.462 e. The molecule has 1 fully saturated rings. The Morgan fingerprint density at radius 2 is 1.82 bits per heavy atom. The van der Waals surface area contributed by atoms with Gasteiger partial charge in [0.05, 0.1) is 11.4 Å². The van der Waals surface area contributed by atoms with Gasteiger partial charge in [-0.25, -0.2) is 0 Å². The molecule has 0 atom stereocenters. The summed E-state index contributed by atoms with van der Waals surface area (Å²) in [5, 5.41) is 5.75. The van der Waals surface area contributed by atoms with Crippen LogP contribution in [-0.4, -0.2) is 58.1 Å². The minimum absolute atomic E-state index is 0.0718. The fourth-order valence-corrected chi connectivity index (χ4v) is 3.81. The Balaban J connectivity index is 1.30. The molecule has 0 spiro atoms. The van der Waals surface area contributed by atoms with Gasteiger partial charge in [0.2, 0.25) is 5.78 Å². The number of nitrogens with one attached hydrogen (secondary N) is 2. The summed E-state index contributed by atoms with van der Waals surface area (Å²) >= 11 is 5.16. The lowest BCUT2D eigenvalue weighted by molar-refractivity contribution is -0.145. The van der Waals surface area contributed by atoms with Crippen LogP contribution < -0.4 is 10.6 Å². The Morgan fingerprint density at radius 1 is 1.12 bits per heavy atom. The van der Waals surface area contributed by atoms with E-state index in [1.165, 1.54) is 0 Å². The van der Waals surface area contributed by atoms with Gasteiger partial charge in [-0.2, -0.15) is 0 Å². The molecule has 34 heavy (non-hydrogen) atoms. The predicted molar refractivity (Wildman–Crippen MR) is 126 cm³/mol. The first-order valence-electron chi connectivity index (χ1n) is 10.4. The monoisotopic (exact) mass is 476 g/mol. The number of carbonyl (C=O) groups is 4. The third-order valence-electron chi connectivity index (χ3n) is 5.26. The van der Waals surface area contributed by atoms with Crippen molar-refractivity contribution >= 4 is 46.8 Å². The van der Waals surface area contributed by atoms with Gasteiger partial charge in [0.25, 0.3) is 5.91 Å². The number of fused-ring (bicyclic) bond motifs is 1. The molecule has 1 aromatic carbocycles. The fourth-order valence-electron chi connectivity index (χ4n) is 3.55. The van der Waals surface area contributed by atoms with E-state index in [4.69, 9.17) is 17.0 Å². The van der Waals surface area contributed by atoms with Crippen LogP contribution in [0.15, 0.2) is 65.6 Å². The van der Waals surface area contributed by atoms with Crippen LogP contribution in [0.3, 0.4) is 0 Å². The molecular formula is C24H20N4O5S. The Kier molecular flexibility index (Phi) is 6.60. The van der Waals surface area contributed by atoms with Crippen molar-refractivity contribution in [3.63, 3.8) is 0 Å². The summed E-state index contributed by atoms with van der Waals surface area (Å²) in [6.45, 7) is 1.25. The van der Waals surface area contributed by atoms with Crippen LogP contribution in [-0.2, 0) is 14.3 Å². The maximum Gasteiger partial charge on any atom is 0.326 e. The van der Waals surface area contributed by atoms with E-state index in [0.717, 1.165) is 4.90 Å². The zero-order chi connectivity index (χ0) is 24.2. The third-order valence-corrected chi connectivity index (χ3v) is 5.58. The summed E-state index contributed by atoms with van der Waals surface area (Å²) in [6.07, 6.45) is 3.14. The number of nitrogens with zero attached hydrogens (tertiary/aromatic N) is 2. The van der Waals surface area contributed by atoms with Crippen molar-refractivity contribution in [2.45, 2.75) is 6.92 Å². The number of aromatic nitrogens is 1. The number of hydrogen-bond acceptors (Lipinski definition) is 8. The van der Waals surface area contributed by atoms with Crippen LogP contribution in [0.4, 0.5) is 0 Å². The fraction of sp³-hybridized carbons (Fsp3) is 0.167. The molecule has 0 radical (unpaired) electrons. The number of thiocarbonyl (C=S) groups is 1. The smallest absolute Gasteiger partial charge is 0.326 e. The first-order chi connectivity index (χ1) is 16.4. The van der Waals surface area contributed by atoms with Crippen LogP contribution in [0, 0.1) is 0 Å². The van der Waals surface area contributed by atoms with Crippen LogP contribution in [0.25, 0.3) is 6.08 Å². The van der Waals surface area contributed by atoms with Gasteiger partial charge in [-0.15, -0.1) is 0 Å². The van der Waals surface area contributed by atoms with Crippen LogP contribution in [0.1, 0.15) is 33.3 Å². The molecule has 1 aromatic heterocycles. The van der Waals surface area contributed by atoms with E-state index in [1.54, 1.807) is 61.7 Å². The Hall–Kier alpha value is -4.18. The normalized spacial score (nSPS) is 16.6. The summed E-state index contributed by atoms with van der Waals surface area (Å²) in [5.74, 6) is -1.64. The molecule has 0 saturated carbocycles. The van der Waals surface area contributed by atoms with E-state index >= 15 is 0 Å². The van der Waals surface area contributed by atoms with Crippen LogP contribution in [0.5, 0.6) is 0 Å². The number of ether oxygens (including phenoxy) is 1. The van der Waals surface area contributed by atoms with Gasteiger partial charge in [0.15, 0.2) is 10.9 Å². The maximum absolute atomic E-state index is 12.7. The van der Waals surface area contributed by atoms with Crippen molar-refractivity contribution in [1.29, 1.82) is 0 Å². The van der Waals surface area contributed by atoms with Gasteiger partial charge in [-0.05, 0) is 37.4 Å². The van der Waals surface area contributed by atoms with Crippen molar-refractivity contribution in [1.82, 2.24) is 20.5 Å². The highest BCUT2D eigenvalue weighted by Gasteiger charge is 2.33. The molecule has 0 bridgehead atoms. The lowest BCUT2D eigenvalue weighted by atomic mass is 9.88. The Morgan fingerprint density at radius 3 is 2.53 bits per heavy atom. The van der Waals surface area contributed by atoms with Gasteiger partial charge >= 0.3 is 5.97 Å². The van der Waals surface area contributed by atoms with E-state index in [0.29, 0.717) is 22.4 Å². The van der Waals surface area contributed by atoms with E-state index in [1.807, 2.05) is 0 Å². The molecule has 2 aromatic rings. The van der Waals surface area contributed by atoms with Gasteiger partial charge in [0, 0.05) is 29.4 Å². The number of ketones is 2. The van der Waals surface area contributed by atoms with Crippen molar-refractivity contribution in [2.75, 3.05) is 19.7 Å². The van der Waals surface area contributed by atoms with Gasteiger partial charge in [-0.1, -0.05) is 30.3 Å². The van der Waals surface area contributed by atoms with Crippen LogP contribution >= 0.6 is 12.2 Å². The minimum atomic E-state index is -0.666. The molecule has 172 valence electrons. The van der Waals surface area contributed by atoms with Crippen molar-refractivity contribution < 1.29 is 23.9 Å². The molecule has 1 amide bonds. The summed E-state index contributed by atoms with van der Waals surface area (Å²) in [7, 11) is 0. The summed E-state index contributed by atoms with van der Waals surface area (Å²) < 4.78 is 5.18. The van der Waals surface area contributed by atoms with Crippen molar-refractivity contribution in [3.05, 3.63) is 82.4 Å². The van der Waals surface area contributed by atoms with E-state index in [-0.39, 0.29) is 47.8 Å². The first-order valence-corrected chi connectivity index (χ1v) is 10.8. The summed E-state index contributed by atoms with van der Waals surface area (Å²) in [6, 6.07) is 11.9. The lowest BCUT2D eigenvalue weighted by Crippen LogP contribution is -2.37. The molecule has 10 heteroatoms. The molecule has 0 unspecified atom stereocenters. The highest BCUT2D eigenvalue weighted by Crippen LogP contribution is 2.24. The molecule has 1 aliphatic carbocycles. The van der Waals surface area contributed by atoms with E-state index in [2.05, 4.69) is 15.6 Å². The molecule has 1 saturated heterocycles. The van der Waals surface area contributed by atoms with E-state index < -0.39 is 11.9 Å². The van der Waals surface area contributed by atoms with Gasteiger partial charge in [0.1, 0.15) is 18.8 Å². The molecule has 4 rings (SSSR count). The Labute approximate surface area is 200 Å². The number of amides is 1. The molecule has 9 nitrogen and oxygen atoms in total. The molecule has 2 aliphatic rings. The molecule has 2 N–H and O–H groups in total. The zero-order valence-electron chi connectivity index (χ0n) is 18.2. The average Bonchev–Trinajstić information content (AvgIpc) is 3.10. The topological polar surface area (TPSA) is 118 Å². The molecule has 2 heterocycles. The second kappa shape index (κ2) is 9.75. The second-order valence-corrected chi connectivity index (χ2v) is 7.87. The number of hydrogen-bond donors (Lipinski definition) is 2. The largest absolute Gasteiger partial charge is 0.462 e. The second-order valence-electron chi connectivity index (χ2n) is 7.49. The molecular weight excluding hydrogens is 456 g/mol. The maximum atomic E-state index is 12.7. The SMILES string of the molecule is CC1=C(NCCOC(=O)CN2C(=O)/C(=C/c3ccccn3)NC2=S)C(=O)c2ccccc2C1=O. The quantitative estimate of drug-likeness (QED) is 0.266. The van der Waals surface area contributed by atoms with E-state index in [9.17, 15) is 19.2 Å². The Bertz CT molecular complexity index is 1270. The zero-order valence-corrected chi connectivity index (χ0v) is 19.0. The number of esters is 1. The highest BCUT2D eigenvalue weighted by atomic mass is 32.1. The summed E-state index contributed by atoms with van der Waals surface area (Å²) in [4.78, 5) is 55.3.